The summed E-state index contributed by atoms with van der Waals surface area (Å²) >= 11 is 3.45. The third-order valence-corrected chi connectivity index (χ3v) is 3.29. The number of halogens is 1. The Kier molecular flexibility index (Phi) is 4.15. The predicted octanol–water partition coefficient (Wildman–Crippen LogP) is 4.42. The first kappa shape index (κ1) is 12.8. The van der Waals surface area contributed by atoms with Crippen molar-refractivity contribution in [3.8, 4) is 0 Å². The Morgan fingerprint density at radius 3 is 2.50 bits per heavy atom. The summed E-state index contributed by atoms with van der Waals surface area (Å²) in [6.07, 6.45) is 0.896. The molecule has 2 aromatic carbocycles. The molecule has 2 rings (SSSR count). The maximum Gasteiger partial charge on any atom is 0.152 e. The predicted molar refractivity (Wildman–Crippen MR) is 78.7 cm³/mol. The van der Waals surface area contributed by atoms with Crippen LogP contribution in [0.3, 0.4) is 0 Å². The van der Waals surface area contributed by atoms with Gasteiger partial charge in [-0.25, -0.2) is 0 Å². The number of carbonyl (C=O) groups excluding carboxylic acids is 1. The third kappa shape index (κ3) is 2.62. The lowest BCUT2D eigenvalue weighted by Gasteiger charge is -2.24. The first-order chi connectivity index (χ1) is 8.76. The van der Waals surface area contributed by atoms with Gasteiger partial charge >= 0.3 is 0 Å². The number of hydrogen-bond donors (Lipinski definition) is 0. The monoisotopic (exact) mass is 303 g/mol. The summed E-state index contributed by atoms with van der Waals surface area (Å²) in [6.45, 7) is 2.88. The first-order valence-electron chi connectivity index (χ1n) is 5.83. The van der Waals surface area contributed by atoms with Gasteiger partial charge < -0.3 is 4.90 Å². The molecule has 0 aliphatic heterocycles. The van der Waals surface area contributed by atoms with E-state index in [4.69, 9.17) is 0 Å². The van der Waals surface area contributed by atoms with Crippen LogP contribution in [0.15, 0.2) is 53.0 Å². The molecule has 2 nitrogen and oxygen atoms in total. The Hall–Kier alpha value is -1.61. The minimum Gasteiger partial charge on any atom is -0.341 e. The van der Waals surface area contributed by atoms with Gasteiger partial charge in [0, 0.05) is 22.3 Å². The van der Waals surface area contributed by atoms with E-state index in [2.05, 4.69) is 27.8 Å². The Bertz CT molecular complexity index is 539. The Balaban J connectivity index is 2.51. The van der Waals surface area contributed by atoms with Crippen LogP contribution < -0.4 is 4.90 Å². The van der Waals surface area contributed by atoms with Crippen LogP contribution >= 0.6 is 15.9 Å². The largest absolute Gasteiger partial charge is 0.341 e. The highest BCUT2D eigenvalue weighted by molar-refractivity contribution is 9.10. The number of nitrogens with zero attached hydrogens (tertiary/aromatic N) is 1. The summed E-state index contributed by atoms with van der Waals surface area (Å²) in [5.74, 6) is 0. The Labute approximate surface area is 115 Å². The molecule has 92 valence electrons. The van der Waals surface area contributed by atoms with Gasteiger partial charge in [-0.2, -0.15) is 0 Å². The standard InChI is InChI=1S/C15H14BrNO/c1-2-17(14-6-4-3-5-7-14)15-10-13(16)9-8-12(15)11-18/h3-11H,2H2,1H3. The molecule has 0 saturated carbocycles. The maximum atomic E-state index is 11.1. The second-order valence-electron chi connectivity index (χ2n) is 3.90. The summed E-state index contributed by atoms with van der Waals surface area (Å²) in [6, 6.07) is 15.7. The van der Waals surface area contributed by atoms with Crippen molar-refractivity contribution in [3.05, 3.63) is 58.6 Å². The van der Waals surface area contributed by atoms with Crippen LogP contribution in [-0.2, 0) is 0 Å². The lowest BCUT2D eigenvalue weighted by Crippen LogP contribution is -2.17. The van der Waals surface area contributed by atoms with Gasteiger partial charge in [-0.3, -0.25) is 4.79 Å². The van der Waals surface area contributed by atoms with E-state index in [0.717, 1.165) is 28.7 Å². The topological polar surface area (TPSA) is 20.3 Å². The van der Waals surface area contributed by atoms with Crippen LogP contribution in [0, 0.1) is 0 Å². The van der Waals surface area contributed by atoms with Crippen LogP contribution in [0.4, 0.5) is 11.4 Å². The molecule has 0 heterocycles. The second kappa shape index (κ2) is 5.83. The van der Waals surface area contributed by atoms with E-state index in [1.807, 2.05) is 48.5 Å². The highest BCUT2D eigenvalue weighted by Gasteiger charge is 2.11. The molecule has 0 fully saturated rings. The van der Waals surface area contributed by atoms with Crippen LogP contribution in [0.25, 0.3) is 0 Å². The minimum absolute atomic E-state index is 0.698. The lowest BCUT2D eigenvalue weighted by atomic mass is 10.1. The Morgan fingerprint density at radius 2 is 1.89 bits per heavy atom. The molecule has 2 aromatic rings. The van der Waals surface area contributed by atoms with Crippen LogP contribution in [-0.4, -0.2) is 12.8 Å². The molecule has 18 heavy (non-hydrogen) atoms. The van der Waals surface area contributed by atoms with E-state index in [1.165, 1.54) is 0 Å². The third-order valence-electron chi connectivity index (χ3n) is 2.79. The fourth-order valence-electron chi connectivity index (χ4n) is 1.95. The summed E-state index contributed by atoms with van der Waals surface area (Å²) < 4.78 is 0.970. The second-order valence-corrected chi connectivity index (χ2v) is 4.82. The fourth-order valence-corrected chi connectivity index (χ4v) is 2.30. The van der Waals surface area contributed by atoms with Crippen LogP contribution in [0.1, 0.15) is 17.3 Å². The molecule has 3 heteroatoms. The maximum absolute atomic E-state index is 11.1. The van der Waals surface area contributed by atoms with Crippen molar-refractivity contribution in [2.45, 2.75) is 6.92 Å². The molecule has 0 saturated heterocycles. The van der Waals surface area contributed by atoms with Crippen molar-refractivity contribution in [2.24, 2.45) is 0 Å². The molecule has 0 aliphatic rings. The van der Waals surface area contributed by atoms with Gasteiger partial charge in [-0.1, -0.05) is 34.1 Å². The van der Waals surface area contributed by atoms with Gasteiger partial charge in [0.05, 0.1) is 5.69 Å². The minimum atomic E-state index is 0.698. The number of anilines is 2. The van der Waals surface area contributed by atoms with E-state index in [-0.39, 0.29) is 0 Å². The number of benzene rings is 2. The van der Waals surface area contributed by atoms with E-state index >= 15 is 0 Å². The number of carbonyl (C=O) groups is 1. The van der Waals surface area contributed by atoms with Crippen molar-refractivity contribution in [1.29, 1.82) is 0 Å². The summed E-state index contributed by atoms with van der Waals surface area (Å²) in [7, 11) is 0. The number of rotatable bonds is 4. The summed E-state index contributed by atoms with van der Waals surface area (Å²) in [4.78, 5) is 13.3. The zero-order valence-electron chi connectivity index (χ0n) is 10.1. The van der Waals surface area contributed by atoms with Gasteiger partial charge in [0.25, 0.3) is 0 Å². The molecule has 0 bridgehead atoms. The van der Waals surface area contributed by atoms with Crippen molar-refractivity contribution in [1.82, 2.24) is 0 Å². The highest BCUT2D eigenvalue weighted by Crippen LogP contribution is 2.30. The molecule has 0 atom stereocenters. The van der Waals surface area contributed by atoms with Gasteiger partial charge in [0.1, 0.15) is 0 Å². The van der Waals surface area contributed by atoms with Gasteiger partial charge in [0.2, 0.25) is 0 Å². The van der Waals surface area contributed by atoms with Crippen molar-refractivity contribution >= 4 is 33.6 Å². The molecular formula is C15H14BrNO. The van der Waals surface area contributed by atoms with Crippen molar-refractivity contribution in [2.75, 3.05) is 11.4 Å². The molecule has 0 radical (unpaired) electrons. The Morgan fingerprint density at radius 1 is 1.17 bits per heavy atom. The lowest BCUT2D eigenvalue weighted by molar-refractivity contribution is 0.112. The van der Waals surface area contributed by atoms with E-state index < -0.39 is 0 Å². The molecule has 0 aliphatic carbocycles. The molecule has 0 spiro atoms. The van der Waals surface area contributed by atoms with E-state index in [1.54, 1.807) is 0 Å². The smallest absolute Gasteiger partial charge is 0.152 e. The summed E-state index contributed by atoms with van der Waals surface area (Å²) in [5.41, 5.74) is 2.71. The van der Waals surface area contributed by atoms with Crippen molar-refractivity contribution < 1.29 is 4.79 Å². The van der Waals surface area contributed by atoms with E-state index in [9.17, 15) is 4.79 Å². The van der Waals surface area contributed by atoms with Gasteiger partial charge in [-0.05, 0) is 37.3 Å². The highest BCUT2D eigenvalue weighted by atomic mass is 79.9. The average molecular weight is 304 g/mol. The zero-order valence-corrected chi connectivity index (χ0v) is 11.7. The van der Waals surface area contributed by atoms with Crippen LogP contribution in [0.2, 0.25) is 0 Å². The molecule has 0 amide bonds. The fraction of sp³-hybridized carbons (Fsp3) is 0.133. The average Bonchev–Trinajstić information content (AvgIpc) is 2.41. The molecular weight excluding hydrogens is 290 g/mol. The van der Waals surface area contributed by atoms with Crippen LogP contribution in [0.5, 0.6) is 0 Å². The molecule has 0 N–H and O–H groups in total. The molecule has 0 aromatic heterocycles. The van der Waals surface area contributed by atoms with Crippen molar-refractivity contribution in [3.63, 3.8) is 0 Å². The van der Waals surface area contributed by atoms with Gasteiger partial charge in [0.15, 0.2) is 6.29 Å². The first-order valence-corrected chi connectivity index (χ1v) is 6.63. The number of aldehydes is 1. The van der Waals surface area contributed by atoms with E-state index in [0.29, 0.717) is 5.56 Å². The molecule has 0 unspecified atom stereocenters. The normalized spacial score (nSPS) is 10.1. The zero-order chi connectivity index (χ0) is 13.0. The number of hydrogen-bond acceptors (Lipinski definition) is 2. The number of para-hydroxylation sites is 1. The summed E-state index contributed by atoms with van der Waals surface area (Å²) in [5, 5.41) is 0. The SMILES string of the molecule is CCN(c1ccccc1)c1cc(Br)ccc1C=O. The van der Waals surface area contributed by atoms with Gasteiger partial charge in [-0.15, -0.1) is 0 Å². The quantitative estimate of drug-likeness (QED) is 0.779.